The summed E-state index contributed by atoms with van der Waals surface area (Å²) in [6.07, 6.45) is 6.86. The van der Waals surface area contributed by atoms with E-state index in [1.807, 2.05) is 51.2 Å². The number of hydrogen-bond donors (Lipinski definition) is 3. The predicted octanol–water partition coefficient (Wildman–Crippen LogP) is 28.8. The average Bonchev–Trinajstić information content (AvgIpc) is 1.58. The smallest absolute Gasteiger partial charge is 0.159 e. The Hall–Kier alpha value is -9.97. The van der Waals surface area contributed by atoms with E-state index < -0.39 is 0 Å². The van der Waals surface area contributed by atoms with Crippen LogP contribution in [0.2, 0.25) is 0 Å². The van der Waals surface area contributed by atoms with Crippen LogP contribution in [-0.4, -0.2) is 47.6 Å². The van der Waals surface area contributed by atoms with Crippen LogP contribution in [0.5, 0.6) is 0 Å². The molecular formula is C107H110Ir3N3O7S-3. The summed E-state index contributed by atoms with van der Waals surface area (Å²) >= 11 is 1.86. The van der Waals surface area contributed by atoms with E-state index in [0.717, 1.165) is 102 Å². The Morgan fingerprint density at radius 2 is 0.860 bits per heavy atom. The molecule has 0 unspecified atom stereocenters. The quantitative estimate of drug-likeness (QED) is 0.0511. The first-order chi connectivity index (χ1) is 56.0. The summed E-state index contributed by atoms with van der Waals surface area (Å²) in [5.74, 6) is 2.01. The van der Waals surface area contributed by atoms with Gasteiger partial charge in [-0.15, -0.1) is 116 Å². The number of thiophene rings is 1. The largest absolute Gasteiger partial charge is 0.512 e. The van der Waals surface area contributed by atoms with Crippen LogP contribution in [0, 0.1) is 83.4 Å². The van der Waals surface area contributed by atoms with Crippen LogP contribution in [0.25, 0.3) is 131 Å². The van der Waals surface area contributed by atoms with Gasteiger partial charge in [0.25, 0.3) is 0 Å². The van der Waals surface area contributed by atoms with Crippen molar-refractivity contribution in [2.45, 2.75) is 170 Å². The standard InChI is InChI=1S/C32H26N.C27H24NO.C27H24NS.C11H20O2.2C5H8O2.3Ir/c1-20-14-21(2)16-23(15-20)30-18-25(22-10-6-5-7-11-22)27-17-26-24-12-8-9-13-28(24)32(3,4)29(26)19-31(27)33-30;2*1-16(2)9-19-13-24(20-11-17(3)10-18(4)12-20)28-25-15-27-23(14-22(19)25)21-7-5-6-8-26(21)29-27;1-8(2)5-10(12)7-11(13)6-9(3)4;2*1-4(6)3-5(2)7;;;/h5-15,17-19H,1-4H3;2*5-8,10-11,13-16H,9H2,1-4H3;7-9,12H,5-6H2,1-4H3;2*3,6H,1-2H3;;;/q3*-1;;;;;;. The maximum absolute atomic E-state index is 11.2. The number of rotatable bonds is 15. The molecule has 5 aromatic heterocycles. The van der Waals surface area contributed by atoms with Gasteiger partial charge in [-0.1, -0.05) is 220 Å². The minimum Gasteiger partial charge on any atom is -0.512 e. The van der Waals surface area contributed by atoms with Crippen molar-refractivity contribution in [3.8, 4) is 56.0 Å². The van der Waals surface area contributed by atoms with E-state index in [2.05, 4.69) is 283 Å². The zero-order valence-electron chi connectivity index (χ0n) is 73.1. The van der Waals surface area contributed by atoms with Crippen molar-refractivity contribution >= 4 is 104 Å². The number of allylic oxidation sites excluding steroid dienone is 6. The van der Waals surface area contributed by atoms with Crippen LogP contribution in [0.1, 0.15) is 165 Å². The summed E-state index contributed by atoms with van der Waals surface area (Å²) in [4.78, 5) is 46.5. The number of carbonyl (C=O) groups is 3. The van der Waals surface area contributed by atoms with E-state index in [4.69, 9.17) is 29.6 Å². The van der Waals surface area contributed by atoms with Crippen LogP contribution >= 0.6 is 11.3 Å². The Labute approximate surface area is 759 Å². The molecule has 0 aliphatic heterocycles. The number of aliphatic hydroxyl groups excluding tert-OH is 3. The van der Waals surface area contributed by atoms with Gasteiger partial charge >= 0.3 is 0 Å². The van der Waals surface area contributed by atoms with Gasteiger partial charge in [-0.3, -0.25) is 29.3 Å². The number of hydrogen-bond acceptors (Lipinski definition) is 11. The molecule has 5 heterocycles. The number of aryl methyl sites for hydroxylation is 6. The summed E-state index contributed by atoms with van der Waals surface area (Å²) < 4.78 is 8.77. The van der Waals surface area contributed by atoms with Gasteiger partial charge in [0.15, 0.2) is 17.3 Å². The molecule has 10 aromatic carbocycles. The van der Waals surface area contributed by atoms with Gasteiger partial charge in [-0.25, -0.2) is 0 Å². The number of pyridine rings is 3. The van der Waals surface area contributed by atoms with Crippen molar-refractivity contribution in [1.82, 2.24) is 15.0 Å². The molecule has 16 rings (SSSR count). The molecule has 14 heteroatoms. The van der Waals surface area contributed by atoms with Gasteiger partial charge in [0, 0.05) is 150 Å². The van der Waals surface area contributed by atoms with Crippen LogP contribution in [-0.2, 0) is 93.0 Å². The van der Waals surface area contributed by atoms with Gasteiger partial charge in [0.1, 0.15) is 11.2 Å². The summed E-state index contributed by atoms with van der Waals surface area (Å²) in [6.45, 7) is 40.1. The topological polar surface area (TPSA) is 164 Å². The molecule has 0 saturated heterocycles. The molecule has 3 radical (unpaired) electrons. The fraction of sp³-hybridized carbons (Fsp3) is 0.271. The number of fused-ring (bicyclic) bond motifs is 12. The fourth-order valence-corrected chi connectivity index (χ4v) is 16.9. The number of carbonyl (C=O) groups excluding carboxylic acids is 3. The predicted molar refractivity (Wildman–Crippen MR) is 495 cm³/mol. The Morgan fingerprint density at radius 3 is 1.35 bits per heavy atom. The third-order valence-corrected chi connectivity index (χ3v) is 21.4. The molecule has 1 aliphatic carbocycles. The summed E-state index contributed by atoms with van der Waals surface area (Å²) in [5, 5.41) is 34.8. The number of ketones is 3. The second-order valence-electron chi connectivity index (χ2n) is 33.8. The second-order valence-corrected chi connectivity index (χ2v) is 34.9. The fourth-order valence-electron chi connectivity index (χ4n) is 15.8. The molecule has 0 amide bonds. The minimum atomic E-state index is -0.125. The summed E-state index contributed by atoms with van der Waals surface area (Å²) in [7, 11) is 0. The van der Waals surface area contributed by atoms with Gasteiger partial charge in [-0.2, -0.15) is 0 Å². The Morgan fingerprint density at radius 1 is 0.405 bits per heavy atom. The van der Waals surface area contributed by atoms with E-state index in [-0.39, 0.29) is 100 Å². The van der Waals surface area contributed by atoms with E-state index in [9.17, 15) is 19.5 Å². The van der Waals surface area contributed by atoms with Gasteiger partial charge in [0.05, 0.1) is 33.8 Å². The third-order valence-electron chi connectivity index (χ3n) is 20.3. The molecule has 0 spiro atoms. The van der Waals surface area contributed by atoms with Crippen LogP contribution < -0.4 is 0 Å². The molecule has 3 N–H and O–H groups in total. The molecule has 1 aliphatic rings. The van der Waals surface area contributed by atoms with Crippen LogP contribution in [0.15, 0.2) is 234 Å². The molecular weight excluding hydrogens is 2050 g/mol. The van der Waals surface area contributed by atoms with Gasteiger partial charge < -0.3 is 19.7 Å². The molecule has 15 aromatic rings. The van der Waals surface area contributed by atoms with Crippen molar-refractivity contribution in [3.05, 3.63) is 303 Å². The number of nitrogens with zero attached hydrogens (tertiary/aromatic N) is 3. The zero-order chi connectivity index (χ0) is 85.1. The Bertz CT molecular complexity index is 6050. The first-order valence-corrected chi connectivity index (χ1v) is 41.7. The first-order valence-electron chi connectivity index (χ1n) is 40.9. The number of aliphatic hydroxyl groups is 3. The maximum atomic E-state index is 11.2. The SMILES string of the molecule is CC(=O)C=C(C)O.CC(=O)C=C(C)O.CC(C)CC(=O)C=C(O)CC(C)C.Cc1[c-]c(-c2cc(-c3ccccc3)c3cc4c(cc3n2)C(C)(C)c2ccccc2-4)cc(C)c1.Cc1[c-]c(-c2cc(CC(C)C)c3cc4c(cc3n2)oc2ccccc24)cc(C)c1.Cc1[c-]c(-c2cc(CC(C)C)c3cc4c(cc3n2)sc2ccccc24)cc(C)c1.[Ir].[Ir].[Ir]. The molecule has 0 saturated carbocycles. The summed E-state index contributed by atoms with van der Waals surface area (Å²) in [5.41, 5.74) is 28.8. The first kappa shape index (κ1) is 96.5. The van der Waals surface area contributed by atoms with Crippen molar-refractivity contribution in [2.24, 2.45) is 23.7 Å². The number of aromatic nitrogens is 3. The molecule has 0 bridgehead atoms. The Kier molecular flexibility index (Phi) is 34.0. The van der Waals surface area contributed by atoms with E-state index in [1.165, 1.54) is 143 Å². The normalized spacial score (nSPS) is 12.1. The number of furan rings is 1. The van der Waals surface area contributed by atoms with Crippen molar-refractivity contribution in [1.29, 1.82) is 0 Å². The minimum absolute atomic E-state index is 0. The molecule has 10 nitrogen and oxygen atoms in total. The van der Waals surface area contributed by atoms with Gasteiger partial charge in [0.2, 0.25) is 0 Å². The van der Waals surface area contributed by atoms with Crippen LogP contribution in [0.4, 0.5) is 0 Å². The van der Waals surface area contributed by atoms with Crippen molar-refractivity contribution in [2.75, 3.05) is 0 Å². The van der Waals surface area contributed by atoms with Crippen molar-refractivity contribution in [3.63, 3.8) is 0 Å². The summed E-state index contributed by atoms with van der Waals surface area (Å²) in [6, 6.07) is 80.4. The molecule has 121 heavy (non-hydrogen) atoms. The van der Waals surface area contributed by atoms with E-state index in [1.54, 1.807) is 0 Å². The van der Waals surface area contributed by atoms with Crippen LogP contribution in [0.3, 0.4) is 0 Å². The molecule has 0 fully saturated rings. The number of benzene rings is 10. The van der Waals surface area contributed by atoms with E-state index >= 15 is 0 Å². The maximum Gasteiger partial charge on any atom is 0.159 e. The Balaban J connectivity index is 0.000000194. The number of para-hydroxylation sites is 1. The third kappa shape index (κ3) is 24.9. The monoisotopic (exact) mass is 2160 g/mol. The molecule has 0 atom stereocenters. The second kappa shape index (κ2) is 42.7. The van der Waals surface area contributed by atoms with Crippen molar-refractivity contribution < 1.29 is 94.4 Å². The van der Waals surface area contributed by atoms with Gasteiger partial charge in [-0.05, 0) is 168 Å². The van der Waals surface area contributed by atoms with E-state index in [0.29, 0.717) is 36.5 Å². The zero-order valence-corrected chi connectivity index (χ0v) is 81.1. The molecule has 631 valence electrons. The average molecular weight is 2160 g/mol.